The highest BCUT2D eigenvalue weighted by molar-refractivity contribution is 5.76. The van der Waals surface area contributed by atoms with Crippen molar-refractivity contribution in [2.24, 2.45) is 5.92 Å². The number of likely N-dealkylation sites (tertiary alicyclic amines) is 1. The number of benzene rings is 1. The van der Waals surface area contributed by atoms with E-state index in [1.807, 2.05) is 24.0 Å². The molecule has 1 aliphatic rings. The van der Waals surface area contributed by atoms with E-state index in [0.29, 0.717) is 30.0 Å². The molecule has 1 saturated heterocycles. The van der Waals surface area contributed by atoms with Crippen LogP contribution in [0.15, 0.2) is 29.1 Å². The van der Waals surface area contributed by atoms with Gasteiger partial charge in [0, 0.05) is 13.1 Å². The Morgan fingerprint density at radius 2 is 2.20 bits per heavy atom. The first kappa shape index (κ1) is 13.2. The Hall–Kier alpha value is -1.79. The van der Waals surface area contributed by atoms with E-state index in [9.17, 15) is 9.90 Å². The highest BCUT2D eigenvalue weighted by atomic mass is 16.3. The van der Waals surface area contributed by atoms with Crippen LogP contribution in [0.25, 0.3) is 10.9 Å². The van der Waals surface area contributed by atoms with Crippen LogP contribution in [0.1, 0.15) is 13.3 Å². The molecule has 2 unspecified atom stereocenters. The Bertz CT molecular complexity index is 670. The average molecular weight is 274 g/mol. The van der Waals surface area contributed by atoms with Gasteiger partial charge in [0.1, 0.15) is 5.52 Å². The third-order valence-electron chi connectivity index (χ3n) is 3.97. The van der Waals surface area contributed by atoms with Crippen LogP contribution in [-0.2, 0) is 6.67 Å². The van der Waals surface area contributed by atoms with E-state index in [1.165, 1.54) is 4.68 Å². The summed E-state index contributed by atoms with van der Waals surface area (Å²) in [7, 11) is 0. The smallest absolute Gasteiger partial charge is 0.278 e. The highest BCUT2D eigenvalue weighted by Crippen LogP contribution is 2.17. The number of aliphatic hydroxyl groups is 1. The van der Waals surface area contributed by atoms with Gasteiger partial charge >= 0.3 is 0 Å². The Morgan fingerprint density at radius 1 is 1.40 bits per heavy atom. The molecule has 0 aliphatic carbocycles. The predicted molar refractivity (Wildman–Crippen MR) is 75.2 cm³/mol. The van der Waals surface area contributed by atoms with Crippen molar-refractivity contribution < 1.29 is 5.11 Å². The number of β-amino-alcohol motifs (C(OH)–C–C–N with tert-alkyl or cyclic N) is 1. The third kappa shape index (κ3) is 2.44. The fraction of sp³-hybridized carbons (Fsp3) is 0.500. The number of hydrogen-bond donors (Lipinski definition) is 1. The van der Waals surface area contributed by atoms with Crippen molar-refractivity contribution in [3.63, 3.8) is 0 Å². The Kier molecular flexibility index (Phi) is 3.50. The minimum atomic E-state index is -0.340. The Morgan fingerprint density at radius 3 is 3.00 bits per heavy atom. The molecule has 2 aromatic rings. The minimum Gasteiger partial charge on any atom is -0.392 e. The van der Waals surface area contributed by atoms with Crippen molar-refractivity contribution in [2.45, 2.75) is 26.1 Å². The van der Waals surface area contributed by atoms with Crippen molar-refractivity contribution in [2.75, 3.05) is 13.1 Å². The fourth-order valence-corrected chi connectivity index (χ4v) is 2.55. The van der Waals surface area contributed by atoms with E-state index in [4.69, 9.17) is 0 Å². The first-order valence-electron chi connectivity index (χ1n) is 6.88. The molecule has 0 bridgehead atoms. The normalized spacial score (nSPS) is 24.1. The summed E-state index contributed by atoms with van der Waals surface area (Å²) < 4.78 is 1.37. The number of rotatable bonds is 2. The molecule has 0 saturated carbocycles. The molecule has 20 heavy (non-hydrogen) atoms. The van der Waals surface area contributed by atoms with Gasteiger partial charge in [-0.05, 0) is 24.5 Å². The minimum absolute atomic E-state index is 0.135. The van der Waals surface area contributed by atoms with Crippen molar-refractivity contribution in [1.82, 2.24) is 19.9 Å². The van der Waals surface area contributed by atoms with Crippen molar-refractivity contribution in [1.29, 1.82) is 0 Å². The van der Waals surface area contributed by atoms with E-state index in [2.05, 4.69) is 10.3 Å². The van der Waals surface area contributed by atoms with E-state index in [0.717, 1.165) is 13.0 Å². The maximum absolute atomic E-state index is 12.3. The van der Waals surface area contributed by atoms with Gasteiger partial charge < -0.3 is 5.11 Å². The predicted octanol–water partition coefficient (Wildman–Crippen LogP) is 0.452. The summed E-state index contributed by atoms with van der Waals surface area (Å²) in [5.74, 6) is 0.311. The van der Waals surface area contributed by atoms with Crippen LogP contribution in [0.3, 0.4) is 0 Å². The van der Waals surface area contributed by atoms with Crippen LogP contribution in [0, 0.1) is 5.92 Å². The topological polar surface area (TPSA) is 71.2 Å². The van der Waals surface area contributed by atoms with Gasteiger partial charge in [0.25, 0.3) is 5.56 Å². The first-order valence-corrected chi connectivity index (χ1v) is 6.88. The van der Waals surface area contributed by atoms with Crippen LogP contribution < -0.4 is 5.56 Å². The average Bonchev–Trinajstić information content (AvgIpc) is 2.46. The molecule has 2 heterocycles. The van der Waals surface area contributed by atoms with Crippen LogP contribution in [0.5, 0.6) is 0 Å². The number of hydrogen-bond acceptors (Lipinski definition) is 5. The standard InChI is InChI=1S/C14H18N4O2/c1-10-6-7-17(8-13(10)19)9-18-14(20)11-4-2-3-5-12(11)15-16-18/h2-5,10,13,19H,6-9H2,1H3. The lowest BCUT2D eigenvalue weighted by atomic mass is 9.96. The molecule has 6 heteroatoms. The molecule has 106 valence electrons. The van der Waals surface area contributed by atoms with Gasteiger partial charge in [-0.15, -0.1) is 5.10 Å². The lowest BCUT2D eigenvalue weighted by Crippen LogP contribution is -2.45. The summed E-state index contributed by atoms with van der Waals surface area (Å²) in [5, 5.41) is 18.5. The zero-order valence-corrected chi connectivity index (χ0v) is 11.4. The van der Waals surface area contributed by atoms with E-state index in [-0.39, 0.29) is 11.7 Å². The fourth-order valence-electron chi connectivity index (χ4n) is 2.55. The van der Waals surface area contributed by atoms with Gasteiger partial charge in [0.05, 0.1) is 18.2 Å². The lowest BCUT2D eigenvalue weighted by Gasteiger charge is -2.33. The van der Waals surface area contributed by atoms with E-state index in [1.54, 1.807) is 12.1 Å². The summed E-state index contributed by atoms with van der Waals surface area (Å²) in [6.45, 7) is 3.85. The van der Waals surface area contributed by atoms with Crippen molar-refractivity contribution >= 4 is 10.9 Å². The quantitative estimate of drug-likeness (QED) is 0.861. The third-order valence-corrected chi connectivity index (χ3v) is 3.97. The maximum Gasteiger partial charge on any atom is 0.278 e. The van der Waals surface area contributed by atoms with Crippen molar-refractivity contribution in [3.05, 3.63) is 34.6 Å². The summed E-state index contributed by atoms with van der Waals surface area (Å²) >= 11 is 0. The second-order valence-electron chi connectivity index (χ2n) is 5.46. The Balaban J connectivity index is 1.85. The summed E-state index contributed by atoms with van der Waals surface area (Å²) in [6, 6.07) is 7.20. The molecule has 1 aliphatic heterocycles. The van der Waals surface area contributed by atoms with Crippen LogP contribution in [0.4, 0.5) is 0 Å². The van der Waals surface area contributed by atoms with E-state index >= 15 is 0 Å². The van der Waals surface area contributed by atoms with Gasteiger partial charge in [-0.1, -0.05) is 24.3 Å². The van der Waals surface area contributed by atoms with Crippen LogP contribution in [0.2, 0.25) is 0 Å². The monoisotopic (exact) mass is 274 g/mol. The van der Waals surface area contributed by atoms with Crippen LogP contribution >= 0.6 is 0 Å². The zero-order valence-electron chi connectivity index (χ0n) is 11.4. The summed E-state index contributed by atoms with van der Waals surface area (Å²) in [6.07, 6.45) is 0.588. The molecule has 6 nitrogen and oxygen atoms in total. The number of aliphatic hydroxyl groups excluding tert-OH is 1. The molecule has 1 aromatic heterocycles. The Labute approximate surface area is 116 Å². The van der Waals surface area contributed by atoms with Gasteiger partial charge in [-0.2, -0.15) is 4.68 Å². The second-order valence-corrected chi connectivity index (χ2v) is 5.46. The number of fused-ring (bicyclic) bond motifs is 1. The molecule has 3 rings (SSSR count). The molecular formula is C14H18N4O2. The molecule has 0 amide bonds. The highest BCUT2D eigenvalue weighted by Gasteiger charge is 2.24. The summed E-state index contributed by atoms with van der Waals surface area (Å²) in [4.78, 5) is 14.4. The number of aromatic nitrogens is 3. The molecule has 1 fully saturated rings. The van der Waals surface area contributed by atoms with Gasteiger partial charge in [0.15, 0.2) is 0 Å². The SMILES string of the molecule is CC1CCN(Cn2nnc3ccccc3c2=O)CC1O. The van der Waals surface area contributed by atoms with Gasteiger partial charge in [0.2, 0.25) is 0 Å². The van der Waals surface area contributed by atoms with Crippen LogP contribution in [-0.4, -0.2) is 44.2 Å². The molecule has 0 spiro atoms. The zero-order chi connectivity index (χ0) is 14.1. The van der Waals surface area contributed by atoms with Gasteiger partial charge in [-0.3, -0.25) is 9.69 Å². The second kappa shape index (κ2) is 5.30. The molecule has 1 aromatic carbocycles. The largest absolute Gasteiger partial charge is 0.392 e. The van der Waals surface area contributed by atoms with E-state index < -0.39 is 0 Å². The van der Waals surface area contributed by atoms with Crippen molar-refractivity contribution in [3.8, 4) is 0 Å². The number of nitrogens with zero attached hydrogens (tertiary/aromatic N) is 4. The lowest BCUT2D eigenvalue weighted by molar-refractivity contribution is 0.0131. The first-order chi connectivity index (χ1) is 9.65. The molecule has 2 atom stereocenters. The maximum atomic E-state index is 12.3. The molecular weight excluding hydrogens is 256 g/mol. The summed E-state index contributed by atoms with van der Waals surface area (Å²) in [5.41, 5.74) is 0.477. The number of piperidine rings is 1. The van der Waals surface area contributed by atoms with Gasteiger partial charge in [-0.25, -0.2) is 0 Å². The molecule has 0 radical (unpaired) electrons. The molecule has 1 N–H and O–H groups in total.